The monoisotopic (exact) mass is 340 g/mol. The van der Waals surface area contributed by atoms with Crippen LogP contribution in [0.1, 0.15) is 32.1 Å². The van der Waals surface area contributed by atoms with Crippen LogP contribution in [0.5, 0.6) is 0 Å². The van der Waals surface area contributed by atoms with E-state index in [0.717, 1.165) is 32.1 Å². The molecule has 1 heterocycles. The van der Waals surface area contributed by atoms with Gasteiger partial charge in [0.15, 0.2) is 9.84 Å². The summed E-state index contributed by atoms with van der Waals surface area (Å²) in [5, 5.41) is 1.98. The second-order valence-electron chi connectivity index (χ2n) is 6.31. The van der Waals surface area contributed by atoms with Crippen molar-refractivity contribution in [3.8, 4) is 0 Å². The molecule has 3 rings (SSSR count). The molecule has 2 aliphatic rings. The molecule has 0 unspecified atom stereocenters. The van der Waals surface area contributed by atoms with E-state index in [4.69, 9.17) is 0 Å². The van der Waals surface area contributed by atoms with Crippen LogP contribution in [0.3, 0.4) is 0 Å². The van der Waals surface area contributed by atoms with Crippen LogP contribution >= 0.6 is 0 Å². The molecule has 1 saturated carbocycles. The van der Waals surface area contributed by atoms with Crippen molar-refractivity contribution in [1.82, 2.24) is 4.90 Å². The molecule has 1 aliphatic carbocycles. The number of likely N-dealkylation sites (tertiary alicyclic amines) is 1. The number of nitrogens with zero attached hydrogens (tertiary/aromatic N) is 1. The quantitative estimate of drug-likeness (QED) is 0.920. The van der Waals surface area contributed by atoms with Crippen LogP contribution < -0.4 is 5.32 Å². The van der Waals surface area contributed by atoms with Crippen molar-refractivity contribution in [2.24, 2.45) is 0 Å². The molecule has 1 N–H and O–H groups in total. The van der Waals surface area contributed by atoms with E-state index in [9.17, 15) is 17.6 Å². The van der Waals surface area contributed by atoms with Gasteiger partial charge in [-0.15, -0.1) is 0 Å². The summed E-state index contributed by atoms with van der Waals surface area (Å²) in [7, 11) is -3.14. The maximum atomic E-state index is 12.8. The second kappa shape index (κ2) is 6.47. The van der Waals surface area contributed by atoms with Crippen molar-refractivity contribution >= 4 is 21.6 Å². The van der Waals surface area contributed by atoms with E-state index in [1.165, 1.54) is 29.2 Å². The van der Waals surface area contributed by atoms with Crippen molar-refractivity contribution < 1.29 is 17.6 Å². The molecule has 0 radical (unpaired) electrons. The minimum Gasteiger partial charge on any atom is -0.322 e. The second-order valence-corrected chi connectivity index (χ2v) is 8.82. The van der Waals surface area contributed by atoms with Crippen molar-refractivity contribution in [3.63, 3.8) is 0 Å². The van der Waals surface area contributed by atoms with Gasteiger partial charge >= 0.3 is 6.03 Å². The number of nitrogens with one attached hydrogen (secondary N) is 1. The van der Waals surface area contributed by atoms with Crippen molar-refractivity contribution in [2.75, 3.05) is 18.4 Å². The highest BCUT2D eigenvalue weighted by atomic mass is 32.2. The van der Waals surface area contributed by atoms with E-state index in [-0.39, 0.29) is 30.2 Å². The van der Waals surface area contributed by atoms with Crippen LogP contribution in [0.2, 0.25) is 0 Å². The number of halogens is 1. The number of anilines is 1. The zero-order chi connectivity index (χ0) is 16.4. The number of hydrogen-bond donors (Lipinski definition) is 1. The highest BCUT2D eigenvalue weighted by molar-refractivity contribution is 7.92. The number of hydrogen-bond acceptors (Lipinski definition) is 3. The predicted molar refractivity (Wildman–Crippen MR) is 86.6 cm³/mol. The Kier molecular flexibility index (Phi) is 4.57. The van der Waals surface area contributed by atoms with Gasteiger partial charge in [-0.2, -0.15) is 0 Å². The molecular weight excluding hydrogens is 319 g/mol. The summed E-state index contributed by atoms with van der Waals surface area (Å²) >= 11 is 0. The van der Waals surface area contributed by atoms with Crippen molar-refractivity contribution in [1.29, 1.82) is 0 Å². The molecule has 1 aliphatic heterocycles. The summed E-state index contributed by atoms with van der Waals surface area (Å²) in [6, 6.07) is 5.14. The highest BCUT2D eigenvalue weighted by Gasteiger charge is 2.43. The van der Waals surface area contributed by atoms with E-state index in [1.54, 1.807) is 0 Å². The first-order valence-electron chi connectivity index (χ1n) is 8.01. The van der Waals surface area contributed by atoms with Gasteiger partial charge < -0.3 is 10.2 Å². The van der Waals surface area contributed by atoms with E-state index in [1.807, 2.05) is 0 Å². The van der Waals surface area contributed by atoms with Crippen LogP contribution in [0.15, 0.2) is 24.3 Å². The smallest absolute Gasteiger partial charge is 0.321 e. The van der Waals surface area contributed by atoms with Crippen molar-refractivity contribution in [2.45, 2.75) is 42.6 Å². The Hall–Kier alpha value is -1.63. The van der Waals surface area contributed by atoms with E-state index >= 15 is 0 Å². The van der Waals surface area contributed by atoms with Crippen LogP contribution in [0, 0.1) is 5.82 Å². The minimum atomic E-state index is -3.14. The first kappa shape index (κ1) is 16.2. The molecule has 0 atom stereocenters. The molecular formula is C16H21FN2O3S. The Morgan fingerprint density at radius 1 is 1.04 bits per heavy atom. The van der Waals surface area contributed by atoms with Gasteiger partial charge in [0.2, 0.25) is 0 Å². The molecule has 0 spiro atoms. The van der Waals surface area contributed by atoms with Gasteiger partial charge in [-0.3, -0.25) is 0 Å². The number of sulfone groups is 1. The lowest BCUT2D eigenvalue weighted by molar-refractivity contribution is 0.182. The van der Waals surface area contributed by atoms with Crippen LogP contribution in [0.4, 0.5) is 14.9 Å². The molecule has 1 saturated heterocycles. The van der Waals surface area contributed by atoms with Gasteiger partial charge in [0.25, 0.3) is 0 Å². The number of rotatable bonds is 3. The lowest BCUT2D eigenvalue weighted by atomic mass is 10.0. The fourth-order valence-corrected chi connectivity index (χ4v) is 5.52. The van der Waals surface area contributed by atoms with Gasteiger partial charge in [-0.1, -0.05) is 19.3 Å². The Labute approximate surface area is 135 Å². The first-order valence-corrected chi connectivity index (χ1v) is 9.62. The average molecular weight is 340 g/mol. The molecule has 1 aromatic rings. The maximum Gasteiger partial charge on any atom is 0.321 e. The third kappa shape index (κ3) is 3.49. The Morgan fingerprint density at radius 2 is 1.65 bits per heavy atom. The zero-order valence-corrected chi connectivity index (χ0v) is 13.7. The number of benzene rings is 1. The fraction of sp³-hybridized carbons (Fsp3) is 0.562. The SMILES string of the molecule is O=C(Nc1ccc(F)cc1)N1CC(S(=O)(=O)C2CCCCC2)C1. The number of urea groups is 1. The van der Waals surface area contributed by atoms with Gasteiger partial charge in [0, 0.05) is 18.8 Å². The lowest BCUT2D eigenvalue weighted by Gasteiger charge is -2.40. The molecule has 7 heteroatoms. The van der Waals surface area contributed by atoms with Crippen LogP contribution in [-0.2, 0) is 9.84 Å². The van der Waals surface area contributed by atoms with E-state index in [0.29, 0.717) is 5.69 Å². The Morgan fingerprint density at radius 3 is 2.26 bits per heavy atom. The molecule has 2 fully saturated rings. The third-order valence-electron chi connectivity index (χ3n) is 4.71. The standard InChI is InChI=1S/C16H21FN2O3S/c17-12-6-8-13(9-7-12)18-16(20)19-10-15(11-19)23(21,22)14-4-2-1-3-5-14/h6-9,14-15H,1-5,10-11H2,(H,18,20). The fourth-order valence-electron chi connectivity index (χ4n) is 3.21. The normalized spacial score (nSPS) is 20.1. The van der Waals surface area contributed by atoms with Crippen LogP contribution in [-0.4, -0.2) is 42.9 Å². The lowest BCUT2D eigenvalue weighted by Crippen LogP contribution is -2.59. The average Bonchev–Trinajstić information content (AvgIpc) is 2.49. The van der Waals surface area contributed by atoms with Crippen LogP contribution in [0.25, 0.3) is 0 Å². The molecule has 1 aromatic carbocycles. The van der Waals surface area contributed by atoms with Gasteiger partial charge in [0.05, 0.1) is 10.5 Å². The van der Waals surface area contributed by atoms with Gasteiger partial charge in [-0.25, -0.2) is 17.6 Å². The zero-order valence-electron chi connectivity index (χ0n) is 12.9. The molecule has 23 heavy (non-hydrogen) atoms. The largest absolute Gasteiger partial charge is 0.322 e. The predicted octanol–water partition coefficient (Wildman–Crippen LogP) is 2.79. The Balaban J connectivity index is 1.53. The van der Waals surface area contributed by atoms with E-state index in [2.05, 4.69) is 5.32 Å². The summed E-state index contributed by atoms with van der Waals surface area (Å²) in [5.41, 5.74) is 0.495. The summed E-state index contributed by atoms with van der Waals surface area (Å²) < 4.78 is 37.9. The van der Waals surface area contributed by atoms with Crippen molar-refractivity contribution in [3.05, 3.63) is 30.1 Å². The molecule has 0 aromatic heterocycles. The first-order chi connectivity index (χ1) is 11.0. The molecule has 2 amide bonds. The maximum absolute atomic E-state index is 12.8. The molecule has 5 nitrogen and oxygen atoms in total. The number of carbonyl (C=O) groups excluding carboxylic acids is 1. The molecule has 0 bridgehead atoms. The Bertz CT molecular complexity index is 663. The number of carbonyl (C=O) groups is 1. The highest BCUT2D eigenvalue weighted by Crippen LogP contribution is 2.30. The third-order valence-corrected chi connectivity index (χ3v) is 7.34. The minimum absolute atomic E-state index is 0.233. The van der Waals surface area contributed by atoms with Gasteiger partial charge in [0.1, 0.15) is 5.82 Å². The number of amides is 2. The molecule has 126 valence electrons. The van der Waals surface area contributed by atoms with Gasteiger partial charge in [-0.05, 0) is 37.1 Å². The topological polar surface area (TPSA) is 66.5 Å². The summed E-state index contributed by atoms with van der Waals surface area (Å²) in [5.74, 6) is -0.370. The summed E-state index contributed by atoms with van der Waals surface area (Å²) in [4.78, 5) is 13.5. The van der Waals surface area contributed by atoms with E-state index < -0.39 is 15.1 Å². The summed E-state index contributed by atoms with van der Waals surface area (Å²) in [6.45, 7) is 0.484. The summed E-state index contributed by atoms with van der Waals surface area (Å²) in [6.07, 6.45) is 4.57.